The molecular formula is C22H28ClN3O3S. The van der Waals surface area contributed by atoms with Crippen LogP contribution in [-0.2, 0) is 14.8 Å². The molecule has 0 atom stereocenters. The van der Waals surface area contributed by atoms with Gasteiger partial charge in [0, 0.05) is 36.9 Å². The van der Waals surface area contributed by atoms with Crippen LogP contribution < -0.4 is 9.21 Å². The van der Waals surface area contributed by atoms with Crippen LogP contribution in [0.15, 0.2) is 36.4 Å². The van der Waals surface area contributed by atoms with Crippen molar-refractivity contribution in [1.29, 1.82) is 0 Å². The quantitative estimate of drug-likeness (QED) is 0.702. The van der Waals surface area contributed by atoms with Crippen LogP contribution in [-0.4, -0.2) is 58.2 Å². The molecule has 0 saturated carbocycles. The zero-order chi connectivity index (χ0) is 22.1. The van der Waals surface area contributed by atoms with Crippen LogP contribution in [0.25, 0.3) is 0 Å². The molecule has 0 aromatic heterocycles. The van der Waals surface area contributed by atoms with Gasteiger partial charge in [-0.2, -0.15) is 0 Å². The number of amides is 1. The molecule has 30 heavy (non-hydrogen) atoms. The number of para-hydroxylation sites is 1. The molecule has 1 fully saturated rings. The van der Waals surface area contributed by atoms with E-state index in [1.165, 1.54) is 4.31 Å². The van der Waals surface area contributed by atoms with Crippen molar-refractivity contribution < 1.29 is 13.2 Å². The van der Waals surface area contributed by atoms with E-state index >= 15 is 0 Å². The molecular weight excluding hydrogens is 422 g/mol. The van der Waals surface area contributed by atoms with E-state index in [1.807, 2.05) is 57.2 Å². The summed E-state index contributed by atoms with van der Waals surface area (Å²) < 4.78 is 26.2. The lowest BCUT2D eigenvalue weighted by Crippen LogP contribution is -2.52. The number of hydrogen-bond donors (Lipinski definition) is 0. The van der Waals surface area contributed by atoms with Gasteiger partial charge in [-0.15, -0.1) is 0 Å². The normalized spacial score (nSPS) is 14.7. The highest BCUT2D eigenvalue weighted by Crippen LogP contribution is 2.28. The van der Waals surface area contributed by atoms with Crippen LogP contribution in [0, 0.1) is 20.8 Å². The molecule has 0 N–H and O–H groups in total. The summed E-state index contributed by atoms with van der Waals surface area (Å²) in [6, 6.07) is 11.4. The molecule has 1 amide bonds. The summed E-state index contributed by atoms with van der Waals surface area (Å²) >= 11 is 6.15. The topological polar surface area (TPSA) is 60.9 Å². The highest BCUT2D eigenvalue weighted by Gasteiger charge is 2.28. The van der Waals surface area contributed by atoms with Crippen molar-refractivity contribution >= 4 is 38.9 Å². The molecule has 3 rings (SSSR count). The van der Waals surface area contributed by atoms with Crippen LogP contribution in [0.4, 0.5) is 11.4 Å². The Hall–Kier alpha value is -2.25. The second kappa shape index (κ2) is 8.86. The average molecular weight is 450 g/mol. The van der Waals surface area contributed by atoms with E-state index in [0.717, 1.165) is 28.6 Å². The number of rotatable bonds is 5. The predicted molar refractivity (Wildman–Crippen MR) is 123 cm³/mol. The van der Waals surface area contributed by atoms with Crippen molar-refractivity contribution in [3.8, 4) is 0 Å². The number of benzene rings is 2. The molecule has 0 unspecified atom stereocenters. The van der Waals surface area contributed by atoms with Crippen LogP contribution in [0.2, 0.25) is 5.02 Å². The first-order chi connectivity index (χ1) is 14.1. The highest BCUT2D eigenvalue weighted by molar-refractivity contribution is 7.92. The average Bonchev–Trinajstić information content (AvgIpc) is 2.68. The second-order valence-electron chi connectivity index (χ2n) is 7.81. The summed E-state index contributed by atoms with van der Waals surface area (Å²) in [5.74, 6) is -0.189. The van der Waals surface area contributed by atoms with Crippen LogP contribution in [0.3, 0.4) is 0 Å². The maximum Gasteiger partial charge on any atom is 0.243 e. The Morgan fingerprint density at radius 3 is 2.17 bits per heavy atom. The van der Waals surface area contributed by atoms with Gasteiger partial charge < -0.3 is 9.80 Å². The largest absolute Gasteiger partial charge is 0.368 e. The fourth-order valence-corrected chi connectivity index (χ4v) is 5.03. The van der Waals surface area contributed by atoms with Gasteiger partial charge in [0.2, 0.25) is 15.9 Å². The van der Waals surface area contributed by atoms with Crippen LogP contribution in [0.5, 0.6) is 0 Å². The van der Waals surface area contributed by atoms with Crippen LogP contribution >= 0.6 is 11.6 Å². The molecule has 2 aromatic carbocycles. The molecule has 1 aliphatic heterocycles. The minimum Gasteiger partial charge on any atom is -0.368 e. The summed E-state index contributed by atoms with van der Waals surface area (Å²) in [6.45, 7) is 7.99. The Balaban J connectivity index is 1.73. The number of carbonyl (C=O) groups excluding carboxylic acids is 1. The van der Waals surface area contributed by atoms with Gasteiger partial charge in [-0.1, -0.05) is 35.9 Å². The van der Waals surface area contributed by atoms with Crippen molar-refractivity contribution in [3.63, 3.8) is 0 Å². The smallest absolute Gasteiger partial charge is 0.243 e. The first-order valence-electron chi connectivity index (χ1n) is 9.90. The Labute approximate surface area is 184 Å². The number of halogens is 1. The summed E-state index contributed by atoms with van der Waals surface area (Å²) in [5.41, 5.74) is 4.45. The Kier molecular flexibility index (Phi) is 6.62. The van der Waals surface area contributed by atoms with E-state index in [4.69, 9.17) is 11.6 Å². The molecule has 1 saturated heterocycles. The molecule has 0 radical (unpaired) electrons. The second-order valence-corrected chi connectivity index (χ2v) is 10.2. The van der Waals surface area contributed by atoms with Gasteiger partial charge in [0.25, 0.3) is 0 Å². The van der Waals surface area contributed by atoms with Crippen molar-refractivity contribution in [2.45, 2.75) is 20.8 Å². The van der Waals surface area contributed by atoms with Gasteiger partial charge in [-0.3, -0.25) is 9.10 Å². The molecule has 1 aliphatic rings. The zero-order valence-corrected chi connectivity index (χ0v) is 19.4. The molecule has 6 nitrogen and oxygen atoms in total. The third-order valence-corrected chi connectivity index (χ3v) is 6.86. The zero-order valence-electron chi connectivity index (χ0n) is 17.9. The van der Waals surface area contributed by atoms with E-state index in [-0.39, 0.29) is 12.5 Å². The van der Waals surface area contributed by atoms with Gasteiger partial charge in [0.1, 0.15) is 6.54 Å². The number of sulfonamides is 1. The number of carbonyl (C=O) groups is 1. The van der Waals surface area contributed by atoms with E-state index in [0.29, 0.717) is 36.9 Å². The van der Waals surface area contributed by atoms with Gasteiger partial charge in [0.05, 0.1) is 11.9 Å². The Morgan fingerprint density at radius 2 is 1.60 bits per heavy atom. The van der Waals surface area contributed by atoms with Crippen LogP contribution in [0.1, 0.15) is 16.7 Å². The minimum absolute atomic E-state index is 0.189. The molecule has 162 valence electrons. The fourth-order valence-electron chi connectivity index (χ4n) is 3.90. The number of aryl methyl sites for hydroxylation is 3. The lowest BCUT2D eigenvalue weighted by molar-refractivity contribution is -0.129. The van der Waals surface area contributed by atoms with Crippen molar-refractivity contribution in [1.82, 2.24) is 4.90 Å². The molecule has 0 bridgehead atoms. The lowest BCUT2D eigenvalue weighted by atomic mass is 10.1. The minimum atomic E-state index is -3.60. The molecule has 2 aromatic rings. The first-order valence-corrected chi connectivity index (χ1v) is 12.1. The third kappa shape index (κ3) is 4.90. The van der Waals surface area contributed by atoms with Gasteiger partial charge >= 0.3 is 0 Å². The monoisotopic (exact) mass is 449 g/mol. The number of hydrogen-bond acceptors (Lipinski definition) is 4. The van der Waals surface area contributed by atoms with Gasteiger partial charge in [0.15, 0.2) is 0 Å². The first kappa shape index (κ1) is 22.4. The Bertz CT molecular complexity index is 1030. The predicted octanol–water partition coefficient (Wildman–Crippen LogP) is 3.38. The highest BCUT2D eigenvalue weighted by atomic mass is 35.5. The Morgan fingerprint density at radius 1 is 1.00 bits per heavy atom. The standard InChI is InChI=1S/C22H28ClN3O3S/c1-16-8-9-19(23)14-20(16)24-10-12-25(13-11-24)21(27)15-26(30(4,28)29)22-17(2)6-5-7-18(22)3/h5-9,14H,10-13,15H2,1-4H3. The molecule has 0 aliphatic carbocycles. The summed E-state index contributed by atoms with van der Waals surface area (Å²) in [4.78, 5) is 16.9. The van der Waals surface area contributed by atoms with E-state index in [9.17, 15) is 13.2 Å². The van der Waals surface area contributed by atoms with Gasteiger partial charge in [-0.05, 0) is 49.6 Å². The van der Waals surface area contributed by atoms with Crippen molar-refractivity contribution in [3.05, 3.63) is 58.1 Å². The summed E-state index contributed by atoms with van der Waals surface area (Å²) in [7, 11) is -3.60. The summed E-state index contributed by atoms with van der Waals surface area (Å²) in [5, 5.41) is 0.687. The molecule has 8 heteroatoms. The lowest BCUT2D eigenvalue weighted by Gasteiger charge is -2.38. The van der Waals surface area contributed by atoms with E-state index < -0.39 is 10.0 Å². The maximum atomic E-state index is 13.0. The van der Waals surface area contributed by atoms with E-state index in [2.05, 4.69) is 4.90 Å². The van der Waals surface area contributed by atoms with Crippen molar-refractivity contribution in [2.24, 2.45) is 0 Å². The third-order valence-electron chi connectivity index (χ3n) is 5.51. The van der Waals surface area contributed by atoms with Gasteiger partial charge in [-0.25, -0.2) is 8.42 Å². The SMILES string of the molecule is Cc1ccc(Cl)cc1N1CCN(C(=O)CN(c2c(C)cccc2C)S(C)(=O)=O)CC1. The summed E-state index contributed by atoms with van der Waals surface area (Å²) in [6.07, 6.45) is 1.14. The fraction of sp³-hybridized carbons (Fsp3) is 0.409. The number of anilines is 2. The van der Waals surface area contributed by atoms with E-state index in [1.54, 1.807) is 4.90 Å². The maximum absolute atomic E-state index is 13.0. The molecule has 1 heterocycles. The number of nitrogens with zero attached hydrogens (tertiary/aromatic N) is 3. The van der Waals surface area contributed by atoms with Crippen molar-refractivity contribution in [2.75, 3.05) is 48.2 Å². The molecule has 0 spiro atoms. The number of piperazine rings is 1.